The van der Waals surface area contributed by atoms with E-state index >= 15 is 0 Å². The zero-order valence-corrected chi connectivity index (χ0v) is 24.3. The number of unbranched alkanes of at least 4 members (excludes halogenated alkanes) is 20. The van der Waals surface area contributed by atoms with Crippen molar-refractivity contribution in [3.63, 3.8) is 0 Å². The minimum absolute atomic E-state index is 0.433. The predicted molar refractivity (Wildman–Crippen MR) is 153 cm³/mol. The molecule has 200 valence electrons. The Kier molecular flexibility index (Phi) is 25.0. The molecule has 0 aromatic carbocycles. The van der Waals surface area contributed by atoms with Crippen molar-refractivity contribution < 1.29 is 0 Å². The Labute approximate surface area is 212 Å². The summed E-state index contributed by atoms with van der Waals surface area (Å²) in [5.74, 6) is 0. The largest absolute Gasteiger partial charge is 0.298 e. The maximum absolute atomic E-state index is 2.76. The summed E-state index contributed by atoms with van der Waals surface area (Å²) in [7, 11) is 0. The minimum Gasteiger partial charge on any atom is -0.298 e. The van der Waals surface area contributed by atoms with Gasteiger partial charge in [-0.25, -0.2) is 0 Å². The van der Waals surface area contributed by atoms with E-state index in [1.165, 1.54) is 167 Å². The van der Waals surface area contributed by atoms with E-state index in [1.54, 1.807) is 0 Å². The summed E-state index contributed by atoms with van der Waals surface area (Å²) < 4.78 is 0. The molecule has 0 aromatic rings. The second-order valence-corrected chi connectivity index (χ2v) is 11.2. The summed E-state index contributed by atoms with van der Waals surface area (Å²) in [4.78, 5) is 2.76. The molecule has 0 saturated heterocycles. The second-order valence-electron chi connectivity index (χ2n) is 11.2. The average Bonchev–Trinajstić information content (AvgIpc) is 2.82. The highest BCUT2D eigenvalue weighted by atomic mass is 15.2. The molecule has 1 nitrogen and oxygen atoms in total. The topological polar surface area (TPSA) is 3.24 Å². The molecule has 0 aliphatic heterocycles. The van der Waals surface area contributed by atoms with Gasteiger partial charge in [0, 0.05) is 5.54 Å². The molecule has 0 aromatic heterocycles. The van der Waals surface area contributed by atoms with Gasteiger partial charge in [0.2, 0.25) is 0 Å². The lowest BCUT2D eigenvalue weighted by molar-refractivity contribution is 0.0914. The Bertz CT molecular complexity index is 362. The lowest BCUT2D eigenvalue weighted by atomic mass is 9.86. The Morgan fingerprint density at radius 1 is 0.364 bits per heavy atom. The Morgan fingerprint density at radius 2 is 0.606 bits per heavy atom. The molecular formula is C32H67N. The fourth-order valence-electron chi connectivity index (χ4n) is 5.77. The smallest absolute Gasteiger partial charge is 0.0181 e. The van der Waals surface area contributed by atoms with E-state index in [4.69, 9.17) is 0 Å². The molecule has 1 heteroatoms. The molecule has 0 heterocycles. The van der Waals surface area contributed by atoms with Crippen molar-refractivity contribution in [2.24, 2.45) is 0 Å². The average molecular weight is 466 g/mol. The van der Waals surface area contributed by atoms with Gasteiger partial charge in [-0.05, 0) is 32.9 Å². The second kappa shape index (κ2) is 25.1. The van der Waals surface area contributed by atoms with Crippen molar-refractivity contribution >= 4 is 0 Å². The van der Waals surface area contributed by atoms with Crippen LogP contribution >= 0.6 is 0 Å². The number of hydrogen-bond donors (Lipinski definition) is 0. The highest BCUT2D eigenvalue weighted by molar-refractivity contribution is 4.85. The lowest BCUT2D eigenvalue weighted by Gasteiger charge is -2.41. The molecule has 0 amide bonds. The molecule has 0 radical (unpaired) electrons. The van der Waals surface area contributed by atoms with Crippen LogP contribution in [0.1, 0.15) is 189 Å². The van der Waals surface area contributed by atoms with Crippen molar-refractivity contribution in [3.8, 4) is 0 Å². The Balaban J connectivity index is 3.88. The lowest BCUT2D eigenvalue weighted by Crippen LogP contribution is -2.46. The molecule has 0 rings (SSSR count). The normalized spacial score (nSPS) is 13.6. The highest BCUT2D eigenvalue weighted by Gasteiger charge is 2.28. The maximum atomic E-state index is 2.76. The van der Waals surface area contributed by atoms with Gasteiger partial charge in [-0.15, -0.1) is 0 Å². The van der Waals surface area contributed by atoms with Crippen LogP contribution in [0.2, 0.25) is 0 Å². The Morgan fingerprint density at radius 3 is 0.848 bits per heavy atom. The van der Waals surface area contributed by atoms with Crippen LogP contribution in [0.5, 0.6) is 0 Å². The molecule has 0 spiro atoms. The van der Waals surface area contributed by atoms with E-state index in [0.717, 1.165) is 0 Å². The van der Waals surface area contributed by atoms with E-state index in [0.29, 0.717) is 5.54 Å². The summed E-state index contributed by atoms with van der Waals surface area (Å²) in [6.07, 6.45) is 34.7. The predicted octanol–water partition coefficient (Wildman–Crippen LogP) is 11.5. The van der Waals surface area contributed by atoms with Crippen molar-refractivity contribution in [1.29, 1.82) is 0 Å². The van der Waals surface area contributed by atoms with Crippen LogP contribution in [-0.4, -0.2) is 23.5 Å². The van der Waals surface area contributed by atoms with Gasteiger partial charge in [-0.2, -0.15) is 0 Å². The summed E-state index contributed by atoms with van der Waals surface area (Å²) in [5.41, 5.74) is 0.433. The zero-order valence-electron chi connectivity index (χ0n) is 24.3. The maximum Gasteiger partial charge on any atom is 0.0181 e. The molecule has 1 unspecified atom stereocenters. The quantitative estimate of drug-likeness (QED) is 0.109. The van der Waals surface area contributed by atoms with Gasteiger partial charge >= 0.3 is 0 Å². The first-order valence-corrected chi connectivity index (χ1v) is 15.9. The van der Waals surface area contributed by atoms with Gasteiger partial charge in [0.25, 0.3) is 0 Å². The molecular weight excluding hydrogens is 398 g/mol. The van der Waals surface area contributed by atoms with Crippen LogP contribution in [-0.2, 0) is 0 Å². The van der Waals surface area contributed by atoms with Crippen LogP contribution in [0.4, 0.5) is 0 Å². The van der Waals surface area contributed by atoms with Gasteiger partial charge in [-0.3, -0.25) is 4.90 Å². The van der Waals surface area contributed by atoms with E-state index in [9.17, 15) is 0 Å². The summed E-state index contributed by atoms with van der Waals surface area (Å²) >= 11 is 0. The zero-order chi connectivity index (χ0) is 24.5. The minimum atomic E-state index is 0.433. The fourth-order valence-corrected chi connectivity index (χ4v) is 5.77. The molecule has 1 atom stereocenters. The standard InChI is InChI=1S/C32H67N/c1-6-10-12-14-16-18-20-21-23-25-27-29-31-32(5,33(8-3)9-4)30-28-26-24-22-19-17-15-13-11-7-2/h6-31H2,1-5H3. The molecule has 0 bridgehead atoms. The van der Waals surface area contributed by atoms with E-state index < -0.39 is 0 Å². The molecule has 0 N–H and O–H groups in total. The third kappa shape index (κ3) is 19.9. The van der Waals surface area contributed by atoms with Gasteiger partial charge in [0.15, 0.2) is 0 Å². The summed E-state index contributed by atoms with van der Waals surface area (Å²) in [6, 6.07) is 0. The van der Waals surface area contributed by atoms with Crippen molar-refractivity contribution in [2.75, 3.05) is 13.1 Å². The van der Waals surface area contributed by atoms with E-state index in [1.807, 2.05) is 0 Å². The van der Waals surface area contributed by atoms with Crippen molar-refractivity contribution in [1.82, 2.24) is 4.90 Å². The van der Waals surface area contributed by atoms with Gasteiger partial charge < -0.3 is 0 Å². The first-order valence-electron chi connectivity index (χ1n) is 15.9. The number of rotatable bonds is 27. The number of nitrogens with zero attached hydrogens (tertiary/aromatic N) is 1. The molecule has 0 fully saturated rings. The molecule has 0 aliphatic rings. The fraction of sp³-hybridized carbons (Fsp3) is 1.00. The third-order valence-corrected chi connectivity index (χ3v) is 8.16. The van der Waals surface area contributed by atoms with Crippen LogP contribution in [0.25, 0.3) is 0 Å². The van der Waals surface area contributed by atoms with Crippen LogP contribution in [0.3, 0.4) is 0 Å². The van der Waals surface area contributed by atoms with Crippen LogP contribution < -0.4 is 0 Å². The van der Waals surface area contributed by atoms with E-state index in [-0.39, 0.29) is 0 Å². The Hall–Kier alpha value is -0.0400. The van der Waals surface area contributed by atoms with Crippen molar-refractivity contribution in [3.05, 3.63) is 0 Å². The van der Waals surface area contributed by atoms with E-state index in [2.05, 4.69) is 39.5 Å². The first kappa shape index (κ1) is 33.0. The molecule has 0 aliphatic carbocycles. The SMILES string of the molecule is CCCCCCCCCCCCCCC(C)(CCCCCCCCCCCC)N(CC)CC. The monoisotopic (exact) mass is 466 g/mol. The van der Waals surface area contributed by atoms with Gasteiger partial charge in [-0.1, -0.05) is 169 Å². The van der Waals surface area contributed by atoms with Crippen LogP contribution in [0.15, 0.2) is 0 Å². The van der Waals surface area contributed by atoms with Gasteiger partial charge in [0.05, 0.1) is 0 Å². The highest BCUT2D eigenvalue weighted by Crippen LogP contribution is 2.29. The molecule has 33 heavy (non-hydrogen) atoms. The first-order chi connectivity index (χ1) is 16.1. The van der Waals surface area contributed by atoms with Crippen LogP contribution in [0, 0.1) is 0 Å². The number of hydrogen-bond acceptors (Lipinski definition) is 1. The summed E-state index contributed by atoms with van der Waals surface area (Å²) in [5, 5.41) is 0. The van der Waals surface area contributed by atoms with Crippen molar-refractivity contribution in [2.45, 2.75) is 194 Å². The summed E-state index contributed by atoms with van der Waals surface area (Å²) in [6.45, 7) is 14.3. The molecule has 0 saturated carbocycles. The third-order valence-electron chi connectivity index (χ3n) is 8.16. The van der Waals surface area contributed by atoms with Gasteiger partial charge in [0.1, 0.15) is 0 Å².